The van der Waals surface area contributed by atoms with Gasteiger partial charge in [-0.25, -0.2) is 23.5 Å². The first-order valence-electron chi connectivity index (χ1n) is 14.1. The van der Waals surface area contributed by atoms with Crippen molar-refractivity contribution in [2.45, 2.75) is 77.4 Å². The zero-order chi connectivity index (χ0) is 30.3. The summed E-state index contributed by atoms with van der Waals surface area (Å²) in [6.07, 6.45) is 4.35. The highest BCUT2D eigenvalue weighted by molar-refractivity contribution is 6.33. The Hall–Kier alpha value is -3.74. The summed E-state index contributed by atoms with van der Waals surface area (Å²) in [5, 5.41) is 16.0. The van der Waals surface area contributed by atoms with Crippen LogP contribution in [0.15, 0.2) is 18.3 Å². The molecule has 2 amide bonds. The van der Waals surface area contributed by atoms with Gasteiger partial charge in [-0.1, -0.05) is 32.4 Å². The second-order valence-electron chi connectivity index (χ2n) is 12.2. The van der Waals surface area contributed by atoms with Gasteiger partial charge in [-0.3, -0.25) is 9.36 Å². The first-order valence-corrected chi connectivity index (χ1v) is 14.4. The van der Waals surface area contributed by atoms with Gasteiger partial charge in [0.05, 0.1) is 29.0 Å². The number of hydrogen-bond donors (Lipinski definition) is 4. The molecule has 5 rings (SSSR count). The van der Waals surface area contributed by atoms with Crippen LogP contribution < -0.4 is 16.4 Å². The fourth-order valence-corrected chi connectivity index (χ4v) is 6.63. The molecule has 3 heterocycles. The maximum Gasteiger partial charge on any atom is 0.407 e. The van der Waals surface area contributed by atoms with Crippen LogP contribution in [0.5, 0.6) is 0 Å². The molecule has 14 heteroatoms. The van der Waals surface area contributed by atoms with Crippen LogP contribution in [0.25, 0.3) is 11.2 Å². The Labute approximate surface area is 246 Å². The average molecular weight is 605 g/mol. The van der Waals surface area contributed by atoms with Gasteiger partial charge in [0.15, 0.2) is 11.5 Å². The summed E-state index contributed by atoms with van der Waals surface area (Å²) in [7, 11) is 0. The molecule has 5 N–H and O–H groups in total. The number of benzene rings is 1. The zero-order valence-electron chi connectivity index (χ0n) is 23.7. The third kappa shape index (κ3) is 5.92. The van der Waals surface area contributed by atoms with Crippen molar-refractivity contribution in [3.8, 4) is 0 Å². The predicted molar refractivity (Wildman–Crippen MR) is 155 cm³/mol. The third-order valence-corrected chi connectivity index (χ3v) is 8.52. The molecule has 0 spiro atoms. The second kappa shape index (κ2) is 11.5. The van der Waals surface area contributed by atoms with Gasteiger partial charge in [-0.05, 0) is 50.0 Å². The first kappa shape index (κ1) is 29.7. The number of imidazole rings is 1. The van der Waals surface area contributed by atoms with E-state index in [2.05, 4.69) is 20.6 Å². The monoisotopic (exact) mass is 604 g/mol. The molecule has 2 unspecified atom stereocenters. The van der Waals surface area contributed by atoms with Crippen molar-refractivity contribution in [1.29, 1.82) is 0 Å². The number of anilines is 3. The van der Waals surface area contributed by atoms with E-state index in [9.17, 15) is 23.5 Å². The smallest absolute Gasteiger partial charge is 0.407 e. The van der Waals surface area contributed by atoms with Crippen molar-refractivity contribution < 1.29 is 23.5 Å². The maximum atomic E-state index is 14.8. The molecule has 1 aromatic carbocycles. The molecular weight excluding hydrogens is 570 g/mol. The van der Waals surface area contributed by atoms with Crippen LogP contribution in [0.3, 0.4) is 0 Å². The van der Waals surface area contributed by atoms with Crippen molar-refractivity contribution in [3.63, 3.8) is 0 Å². The number of aromatic nitrogens is 4. The average Bonchev–Trinajstić information content (AvgIpc) is 3.27. The van der Waals surface area contributed by atoms with E-state index in [1.807, 2.05) is 25.3 Å². The topological polar surface area (TPSA) is 151 Å². The number of rotatable bonds is 6. The Balaban J connectivity index is 1.54. The Morgan fingerprint density at radius 2 is 1.83 bits per heavy atom. The summed E-state index contributed by atoms with van der Waals surface area (Å²) >= 11 is 6.18. The van der Waals surface area contributed by atoms with Gasteiger partial charge in [0.25, 0.3) is 0 Å². The van der Waals surface area contributed by atoms with Crippen molar-refractivity contribution in [1.82, 2.24) is 24.4 Å². The lowest BCUT2D eigenvalue weighted by Crippen LogP contribution is -2.58. The van der Waals surface area contributed by atoms with Gasteiger partial charge in [-0.15, -0.1) is 0 Å². The number of nitrogens with one attached hydrogen (secondary N) is 2. The van der Waals surface area contributed by atoms with Gasteiger partial charge < -0.3 is 26.4 Å². The van der Waals surface area contributed by atoms with Gasteiger partial charge >= 0.3 is 6.09 Å². The van der Waals surface area contributed by atoms with E-state index in [0.717, 1.165) is 18.6 Å². The number of fused-ring (bicyclic) bond motifs is 1. The van der Waals surface area contributed by atoms with E-state index in [1.54, 1.807) is 6.20 Å². The minimum absolute atomic E-state index is 0.129. The Morgan fingerprint density at radius 3 is 2.45 bits per heavy atom. The van der Waals surface area contributed by atoms with Crippen LogP contribution in [-0.2, 0) is 4.79 Å². The van der Waals surface area contributed by atoms with E-state index < -0.39 is 17.7 Å². The first-order chi connectivity index (χ1) is 19.8. The molecule has 2 aromatic heterocycles. The number of piperidine rings is 1. The van der Waals surface area contributed by atoms with Gasteiger partial charge in [-0.2, -0.15) is 4.98 Å². The highest BCUT2D eigenvalue weighted by Gasteiger charge is 2.42. The maximum absolute atomic E-state index is 14.8. The molecule has 1 aliphatic carbocycles. The van der Waals surface area contributed by atoms with E-state index in [1.165, 1.54) is 4.90 Å². The molecular formula is C28H35ClF2N8O3. The summed E-state index contributed by atoms with van der Waals surface area (Å²) in [6, 6.07) is 1.03. The lowest BCUT2D eigenvalue weighted by atomic mass is 9.77. The second-order valence-corrected chi connectivity index (χ2v) is 12.6. The number of carboxylic acid groups (broad SMARTS) is 1. The van der Waals surface area contributed by atoms with Crippen LogP contribution in [0.2, 0.25) is 5.02 Å². The lowest BCUT2D eigenvalue weighted by Gasteiger charge is -2.46. The molecule has 1 aliphatic heterocycles. The lowest BCUT2D eigenvalue weighted by molar-refractivity contribution is -0.122. The minimum Gasteiger partial charge on any atom is -0.465 e. The number of likely N-dealkylation sites (tertiary alicyclic amines) is 1. The standard InChI is InChI=1S/C28H35ClF2N8O3/c1-28(2,3)22-19(5-4-10-38(22)27(41)42)34-25-33-13-20-24(37-25)39(16-8-6-14(7-9-16)23(32)40)26(35-20)36-21-17(29)11-15(30)12-18(21)31/h11-14,16,19,22H,4-10H2,1-3H3,(H2,32,40)(H,35,36)(H,41,42)(H,33,34,37). The van der Waals surface area contributed by atoms with E-state index >= 15 is 0 Å². The molecule has 11 nitrogen and oxygen atoms in total. The third-order valence-electron chi connectivity index (χ3n) is 8.22. The highest BCUT2D eigenvalue weighted by atomic mass is 35.5. The number of hydrogen-bond acceptors (Lipinski definition) is 7. The van der Waals surface area contributed by atoms with Crippen molar-refractivity contribution in [2.75, 3.05) is 17.2 Å². The van der Waals surface area contributed by atoms with Crippen LogP contribution in [0, 0.1) is 23.0 Å². The van der Waals surface area contributed by atoms with Crippen LogP contribution >= 0.6 is 11.6 Å². The van der Waals surface area contributed by atoms with Crippen molar-refractivity contribution in [2.24, 2.45) is 17.1 Å². The number of halogens is 3. The number of nitrogens with two attached hydrogens (primary N) is 1. The summed E-state index contributed by atoms with van der Waals surface area (Å²) < 4.78 is 30.3. The van der Waals surface area contributed by atoms with Crippen molar-refractivity contribution in [3.05, 3.63) is 35.0 Å². The molecule has 1 saturated heterocycles. The molecule has 0 radical (unpaired) electrons. The number of primary amides is 1. The highest BCUT2D eigenvalue weighted by Crippen LogP contribution is 2.39. The van der Waals surface area contributed by atoms with Crippen LogP contribution in [0.1, 0.15) is 65.3 Å². The summed E-state index contributed by atoms with van der Waals surface area (Å²) in [5.41, 5.74) is 5.97. The molecule has 3 aromatic rings. The molecule has 1 saturated carbocycles. The molecule has 2 atom stereocenters. The molecule has 0 bridgehead atoms. The largest absolute Gasteiger partial charge is 0.465 e. The minimum atomic E-state index is -0.968. The van der Waals surface area contributed by atoms with E-state index in [0.29, 0.717) is 55.8 Å². The number of carbonyl (C=O) groups is 2. The Bertz CT molecular complexity index is 1480. The van der Waals surface area contributed by atoms with Crippen LogP contribution in [-0.4, -0.2) is 60.2 Å². The van der Waals surface area contributed by atoms with Gasteiger partial charge in [0, 0.05) is 24.6 Å². The quantitative estimate of drug-likeness (QED) is 0.280. The molecule has 2 fully saturated rings. The zero-order valence-corrected chi connectivity index (χ0v) is 24.5. The SMILES string of the molecule is CC(C)(C)C1C(Nc2ncc3nc(Nc4c(F)cc(F)cc4Cl)n(C4CCC(C(N)=O)CC4)c3n2)CCCN1C(=O)O. The normalized spacial score (nSPS) is 23.1. The molecule has 2 aliphatic rings. The van der Waals surface area contributed by atoms with Crippen LogP contribution in [0.4, 0.5) is 31.2 Å². The van der Waals surface area contributed by atoms with Crippen molar-refractivity contribution >= 4 is 52.3 Å². The molecule has 42 heavy (non-hydrogen) atoms. The van der Waals surface area contributed by atoms with E-state index in [4.69, 9.17) is 22.3 Å². The summed E-state index contributed by atoms with van der Waals surface area (Å²) in [4.78, 5) is 39.2. The number of carbonyl (C=O) groups excluding carboxylic acids is 1. The number of amides is 2. The predicted octanol–water partition coefficient (Wildman–Crippen LogP) is 5.69. The van der Waals surface area contributed by atoms with E-state index in [-0.39, 0.29) is 52.0 Å². The fraction of sp³-hybridized carbons (Fsp3) is 0.536. The summed E-state index contributed by atoms with van der Waals surface area (Å²) in [5.74, 6) is -1.71. The number of nitrogens with zero attached hydrogens (tertiary/aromatic N) is 5. The van der Waals surface area contributed by atoms with Gasteiger partial charge in [0.2, 0.25) is 17.8 Å². The summed E-state index contributed by atoms with van der Waals surface area (Å²) in [6.45, 7) is 6.47. The molecule has 226 valence electrons. The van der Waals surface area contributed by atoms with Gasteiger partial charge in [0.1, 0.15) is 11.3 Å². The Kier molecular flexibility index (Phi) is 8.15. The Morgan fingerprint density at radius 1 is 1.12 bits per heavy atom. The fourth-order valence-electron chi connectivity index (χ4n) is 6.38.